The van der Waals surface area contributed by atoms with Crippen LogP contribution in [0.4, 0.5) is 4.39 Å². The van der Waals surface area contributed by atoms with Crippen LogP contribution in [0.25, 0.3) is 0 Å². The number of hydrogen-bond donors (Lipinski definition) is 2. The average Bonchev–Trinajstić information content (AvgIpc) is 3.19. The summed E-state index contributed by atoms with van der Waals surface area (Å²) < 4.78 is 13.6. The van der Waals surface area contributed by atoms with E-state index in [9.17, 15) is 19.1 Å². The van der Waals surface area contributed by atoms with Gasteiger partial charge in [0.15, 0.2) is 0 Å². The number of carbonyl (C=O) groups is 2. The number of nitrogens with one attached hydrogen (secondary N) is 1. The molecule has 0 aromatic heterocycles. The number of aliphatic hydroxyl groups is 1. The van der Waals surface area contributed by atoms with Crippen molar-refractivity contribution in [3.63, 3.8) is 0 Å². The molecule has 40 heavy (non-hydrogen) atoms. The molecule has 216 valence electrons. The summed E-state index contributed by atoms with van der Waals surface area (Å²) in [6.07, 6.45) is 8.00. The summed E-state index contributed by atoms with van der Waals surface area (Å²) in [7, 11) is 0. The van der Waals surface area contributed by atoms with Crippen molar-refractivity contribution in [2.45, 2.75) is 84.7 Å². The van der Waals surface area contributed by atoms with Crippen LogP contribution < -0.4 is 5.32 Å². The van der Waals surface area contributed by atoms with Crippen molar-refractivity contribution >= 4 is 17.5 Å². The Kier molecular flexibility index (Phi) is 11.5. The standard InChI is InChI=1S/C33H44FN3O3/c1-5-8-29(38)18-22-35-31(39)27-12-10-25(11-13-27)19-23-37-32(40)30(26-14-16-28(34)17-15-26)36-33(37,20-6-2)21-7-9-24(3)4/h8,10-17,24,38H,5-7,9,18-23H2,1-4H3,(H,35,39)/b29-8-. The molecule has 6 nitrogen and oxygen atoms in total. The molecule has 3 rings (SSSR count). The van der Waals surface area contributed by atoms with E-state index in [-0.39, 0.29) is 23.4 Å². The second-order valence-corrected chi connectivity index (χ2v) is 11.0. The first-order valence-electron chi connectivity index (χ1n) is 14.6. The molecule has 2 aromatic carbocycles. The Morgan fingerprint density at radius 3 is 2.42 bits per heavy atom. The Morgan fingerprint density at radius 1 is 1.10 bits per heavy atom. The first-order chi connectivity index (χ1) is 19.2. The minimum atomic E-state index is -0.609. The number of aliphatic imine (C=N–C) groups is 1. The van der Waals surface area contributed by atoms with E-state index in [4.69, 9.17) is 4.99 Å². The van der Waals surface area contributed by atoms with Gasteiger partial charge in [0.2, 0.25) is 0 Å². The first kappa shape index (κ1) is 31.1. The minimum absolute atomic E-state index is 0.110. The van der Waals surface area contributed by atoms with Gasteiger partial charge in [0.25, 0.3) is 11.8 Å². The molecule has 0 saturated heterocycles. The lowest BCUT2D eigenvalue weighted by Crippen LogP contribution is -2.48. The maximum Gasteiger partial charge on any atom is 0.274 e. The van der Waals surface area contributed by atoms with Crippen LogP contribution in [0.2, 0.25) is 0 Å². The van der Waals surface area contributed by atoms with Crippen molar-refractivity contribution in [2.24, 2.45) is 10.9 Å². The Bertz CT molecular complexity index is 1190. The summed E-state index contributed by atoms with van der Waals surface area (Å²) in [6.45, 7) is 9.34. The number of hydrogen-bond acceptors (Lipinski definition) is 4. The predicted octanol–water partition coefficient (Wildman–Crippen LogP) is 6.99. The van der Waals surface area contributed by atoms with E-state index < -0.39 is 5.66 Å². The topological polar surface area (TPSA) is 82.0 Å². The van der Waals surface area contributed by atoms with Gasteiger partial charge in [-0.05, 0) is 86.1 Å². The van der Waals surface area contributed by atoms with Crippen molar-refractivity contribution in [1.29, 1.82) is 0 Å². The lowest BCUT2D eigenvalue weighted by Gasteiger charge is -2.37. The van der Waals surface area contributed by atoms with Gasteiger partial charge in [-0.25, -0.2) is 4.39 Å². The highest BCUT2D eigenvalue weighted by Gasteiger charge is 2.45. The van der Waals surface area contributed by atoms with E-state index in [0.717, 1.165) is 44.1 Å². The molecule has 2 amide bonds. The van der Waals surface area contributed by atoms with E-state index >= 15 is 0 Å². The number of nitrogens with zero attached hydrogens (tertiary/aromatic N) is 2. The Morgan fingerprint density at radius 2 is 1.80 bits per heavy atom. The number of benzene rings is 2. The maximum absolute atomic E-state index is 13.8. The summed E-state index contributed by atoms with van der Waals surface area (Å²) in [5.41, 5.74) is 2.02. The normalized spacial score (nSPS) is 17.4. The van der Waals surface area contributed by atoms with E-state index in [1.54, 1.807) is 30.3 Å². The molecule has 1 heterocycles. The summed E-state index contributed by atoms with van der Waals surface area (Å²) >= 11 is 0. The van der Waals surface area contributed by atoms with E-state index in [0.29, 0.717) is 48.7 Å². The van der Waals surface area contributed by atoms with Crippen molar-refractivity contribution in [2.75, 3.05) is 13.1 Å². The molecule has 2 aromatic rings. The van der Waals surface area contributed by atoms with Crippen LogP contribution in [0.1, 0.15) is 94.1 Å². The average molecular weight is 550 g/mol. The van der Waals surface area contributed by atoms with E-state index in [1.807, 2.05) is 24.0 Å². The molecule has 0 aliphatic carbocycles. The van der Waals surface area contributed by atoms with Crippen molar-refractivity contribution < 1.29 is 19.1 Å². The third kappa shape index (κ3) is 8.26. The van der Waals surface area contributed by atoms with Crippen molar-refractivity contribution in [1.82, 2.24) is 10.2 Å². The Labute approximate surface area is 238 Å². The molecule has 2 N–H and O–H groups in total. The van der Waals surface area contributed by atoms with E-state index in [1.165, 1.54) is 12.1 Å². The van der Waals surface area contributed by atoms with Gasteiger partial charge in [-0.1, -0.05) is 52.7 Å². The highest BCUT2D eigenvalue weighted by molar-refractivity contribution is 6.46. The molecule has 1 aliphatic heterocycles. The van der Waals surface area contributed by atoms with Crippen LogP contribution in [0.15, 0.2) is 65.4 Å². The number of carbonyl (C=O) groups excluding carboxylic acids is 2. The molecule has 0 radical (unpaired) electrons. The smallest absolute Gasteiger partial charge is 0.274 e. The second kappa shape index (κ2) is 14.8. The van der Waals surface area contributed by atoms with Crippen LogP contribution in [0.5, 0.6) is 0 Å². The minimum Gasteiger partial charge on any atom is -0.513 e. The van der Waals surface area contributed by atoms with Crippen LogP contribution in [0, 0.1) is 11.7 Å². The number of amides is 2. The van der Waals surface area contributed by atoms with Crippen molar-refractivity contribution in [3.8, 4) is 0 Å². The highest BCUT2D eigenvalue weighted by atomic mass is 19.1. The third-order valence-electron chi connectivity index (χ3n) is 7.34. The van der Waals surface area contributed by atoms with Crippen molar-refractivity contribution in [3.05, 3.63) is 82.9 Å². The fraction of sp³-hybridized carbons (Fsp3) is 0.485. The lowest BCUT2D eigenvalue weighted by atomic mass is 9.93. The number of halogens is 1. The molecule has 0 bridgehead atoms. The van der Waals surface area contributed by atoms with Gasteiger partial charge in [-0.15, -0.1) is 0 Å². The summed E-state index contributed by atoms with van der Waals surface area (Å²) in [5, 5.41) is 12.6. The molecule has 0 fully saturated rings. The van der Waals surface area contributed by atoms with Gasteiger partial charge in [0.05, 0.1) is 5.76 Å². The molecular weight excluding hydrogens is 505 g/mol. The monoisotopic (exact) mass is 549 g/mol. The molecule has 1 atom stereocenters. The molecule has 7 heteroatoms. The van der Waals surface area contributed by atoms with Gasteiger partial charge in [-0.3, -0.25) is 14.6 Å². The largest absolute Gasteiger partial charge is 0.513 e. The number of rotatable bonds is 15. The zero-order chi connectivity index (χ0) is 29.1. The predicted molar refractivity (Wildman–Crippen MR) is 159 cm³/mol. The van der Waals surface area contributed by atoms with E-state index in [2.05, 4.69) is 26.1 Å². The van der Waals surface area contributed by atoms with Crippen LogP contribution in [-0.4, -0.2) is 46.3 Å². The Balaban J connectivity index is 1.73. The summed E-state index contributed by atoms with van der Waals surface area (Å²) in [6, 6.07) is 13.4. The highest BCUT2D eigenvalue weighted by Crippen LogP contribution is 2.36. The maximum atomic E-state index is 13.8. The molecule has 0 saturated carbocycles. The second-order valence-electron chi connectivity index (χ2n) is 11.0. The SMILES string of the molecule is CC/C=C(\O)CCNC(=O)c1ccc(CCN2C(=O)C(c3ccc(F)cc3)=NC2(CCC)CCCC(C)C)cc1. The van der Waals surface area contributed by atoms with Crippen LogP contribution in [-0.2, 0) is 11.2 Å². The Hall–Kier alpha value is -3.48. The number of allylic oxidation sites excluding steroid dienone is 1. The fourth-order valence-electron chi connectivity index (χ4n) is 5.25. The zero-order valence-electron chi connectivity index (χ0n) is 24.4. The van der Waals surface area contributed by atoms with Gasteiger partial charge in [-0.2, -0.15) is 0 Å². The number of aliphatic hydroxyl groups excluding tert-OH is 1. The van der Waals surface area contributed by atoms with Gasteiger partial charge >= 0.3 is 0 Å². The molecule has 1 unspecified atom stereocenters. The van der Waals surface area contributed by atoms with Crippen LogP contribution >= 0.6 is 0 Å². The lowest BCUT2D eigenvalue weighted by molar-refractivity contribution is -0.128. The fourth-order valence-corrected chi connectivity index (χ4v) is 5.25. The molecular formula is C33H44FN3O3. The summed E-state index contributed by atoms with van der Waals surface area (Å²) in [4.78, 5) is 33.2. The third-order valence-corrected chi connectivity index (χ3v) is 7.34. The van der Waals surface area contributed by atoms with Gasteiger partial charge < -0.3 is 15.3 Å². The van der Waals surface area contributed by atoms with Crippen LogP contribution in [0.3, 0.4) is 0 Å². The molecule has 1 aliphatic rings. The molecule has 0 spiro atoms. The van der Waals surface area contributed by atoms with Gasteiger partial charge in [0.1, 0.15) is 17.2 Å². The van der Waals surface area contributed by atoms with Gasteiger partial charge in [0, 0.05) is 30.6 Å². The zero-order valence-corrected chi connectivity index (χ0v) is 24.4. The summed E-state index contributed by atoms with van der Waals surface area (Å²) in [5.74, 6) is 0.214. The first-order valence-corrected chi connectivity index (χ1v) is 14.6. The quantitative estimate of drug-likeness (QED) is 0.235.